The summed E-state index contributed by atoms with van der Waals surface area (Å²) in [6, 6.07) is 23.0. The molecule has 0 aliphatic carbocycles. The predicted molar refractivity (Wildman–Crippen MR) is 107 cm³/mol. The van der Waals surface area contributed by atoms with E-state index in [0.717, 1.165) is 5.56 Å². The SMILES string of the molecule is O=C(COC(=O)c1ccccc1Oc1ccccc1)NCc1ccccc1Cl. The first-order chi connectivity index (χ1) is 13.6. The molecule has 5 nitrogen and oxygen atoms in total. The van der Waals surface area contributed by atoms with Gasteiger partial charge in [-0.15, -0.1) is 0 Å². The number of esters is 1. The van der Waals surface area contributed by atoms with E-state index in [1.807, 2.05) is 36.4 Å². The largest absolute Gasteiger partial charge is 0.456 e. The van der Waals surface area contributed by atoms with E-state index in [9.17, 15) is 9.59 Å². The highest BCUT2D eigenvalue weighted by Gasteiger charge is 2.16. The zero-order chi connectivity index (χ0) is 19.8. The van der Waals surface area contributed by atoms with Crippen LogP contribution in [0.2, 0.25) is 5.02 Å². The molecule has 6 heteroatoms. The molecule has 1 amide bonds. The monoisotopic (exact) mass is 395 g/mol. The molecular weight excluding hydrogens is 378 g/mol. The summed E-state index contributed by atoms with van der Waals surface area (Å²) in [7, 11) is 0. The highest BCUT2D eigenvalue weighted by Crippen LogP contribution is 2.25. The quantitative estimate of drug-likeness (QED) is 0.593. The number of rotatable bonds is 7. The zero-order valence-electron chi connectivity index (χ0n) is 14.9. The van der Waals surface area contributed by atoms with Gasteiger partial charge in [-0.1, -0.05) is 60.1 Å². The molecule has 3 rings (SSSR count). The van der Waals surface area contributed by atoms with E-state index >= 15 is 0 Å². The number of carbonyl (C=O) groups is 2. The van der Waals surface area contributed by atoms with Crippen LogP contribution in [0.5, 0.6) is 11.5 Å². The summed E-state index contributed by atoms with van der Waals surface area (Å²) >= 11 is 6.05. The Bertz CT molecular complexity index is 960. The molecule has 0 fully saturated rings. The normalized spacial score (nSPS) is 10.2. The molecule has 1 N–H and O–H groups in total. The van der Waals surface area contributed by atoms with E-state index in [-0.39, 0.29) is 12.1 Å². The smallest absolute Gasteiger partial charge is 0.342 e. The van der Waals surface area contributed by atoms with Crippen LogP contribution >= 0.6 is 11.6 Å². The lowest BCUT2D eigenvalue weighted by atomic mass is 10.2. The topological polar surface area (TPSA) is 64.6 Å². The van der Waals surface area contributed by atoms with Crippen molar-refractivity contribution in [2.45, 2.75) is 6.54 Å². The third-order valence-corrected chi connectivity index (χ3v) is 4.21. The molecule has 0 radical (unpaired) electrons. The van der Waals surface area contributed by atoms with Crippen LogP contribution in [0, 0.1) is 0 Å². The molecule has 0 aliphatic heterocycles. The molecule has 0 spiro atoms. The van der Waals surface area contributed by atoms with Gasteiger partial charge < -0.3 is 14.8 Å². The number of ether oxygens (including phenoxy) is 2. The van der Waals surface area contributed by atoms with E-state index in [1.165, 1.54) is 0 Å². The molecule has 0 atom stereocenters. The van der Waals surface area contributed by atoms with E-state index in [4.69, 9.17) is 21.1 Å². The van der Waals surface area contributed by atoms with Crippen LogP contribution in [-0.4, -0.2) is 18.5 Å². The predicted octanol–water partition coefficient (Wildman–Crippen LogP) is 4.61. The van der Waals surface area contributed by atoms with Crippen LogP contribution < -0.4 is 10.1 Å². The first kappa shape index (κ1) is 19.5. The summed E-state index contributed by atoms with van der Waals surface area (Å²) in [6.45, 7) is -0.146. The molecule has 0 unspecified atom stereocenters. The van der Waals surface area contributed by atoms with Crippen molar-refractivity contribution in [2.24, 2.45) is 0 Å². The van der Waals surface area contributed by atoms with Gasteiger partial charge in [-0.2, -0.15) is 0 Å². The molecule has 0 bridgehead atoms. The Kier molecular flexibility index (Phi) is 6.65. The van der Waals surface area contributed by atoms with Crippen LogP contribution in [-0.2, 0) is 16.1 Å². The van der Waals surface area contributed by atoms with E-state index in [0.29, 0.717) is 16.5 Å². The average Bonchev–Trinajstić information content (AvgIpc) is 2.72. The minimum absolute atomic E-state index is 0.241. The number of nitrogens with one attached hydrogen (secondary N) is 1. The lowest BCUT2D eigenvalue weighted by molar-refractivity contribution is -0.124. The Morgan fingerprint density at radius 3 is 2.32 bits per heavy atom. The summed E-state index contributed by atoms with van der Waals surface area (Å²) in [5.74, 6) is -0.107. The second-order valence-electron chi connectivity index (χ2n) is 5.86. The Balaban J connectivity index is 1.56. The van der Waals surface area contributed by atoms with Gasteiger partial charge in [-0.05, 0) is 35.9 Å². The Morgan fingerprint density at radius 2 is 1.54 bits per heavy atom. The van der Waals surface area contributed by atoms with Crippen molar-refractivity contribution in [3.63, 3.8) is 0 Å². The van der Waals surface area contributed by atoms with Crippen LogP contribution in [0.25, 0.3) is 0 Å². The summed E-state index contributed by atoms with van der Waals surface area (Å²) in [4.78, 5) is 24.4. The molecule has 0 heterocycles. The maximum atomic E-state index is 12.4. The van der Waals surface area contributed by atoms with E-state index in [2.05, 4.69) is 5.32 Å². The number of carbonyl (C=O) groups excluding carboxylic acids is 2. The van der Waals surface area contributed by atoms with Crippen LogP contribution in [0.4, 0.5) is 0 Å². The minimum atomic E-state index is -0.639. The second-order valence-corrected chi connectivity index (χ2v) is 6.26. The molecule has 0 aliphatic rings. The molecule has 0 aromatic heterocycles. The fraction of sp³-hybridized carbons (Fsp3) is 0.0909. The van der Waals surface area contributed by atoms with E-state index in [1.54, 1.807) is 42.5 Å². The Morgan fingerprint density at radius 1 is 0.857 bits per heavy atom. The number of halogens is 1. The summed E-state index contributed by atoms with van der Waals surface area (Å²) in [5, 5.41) is 3.23. The molecule has 28 heavy (non-hydrogen) atoms. The van der Waals surface area contributed by atoms with Gasteiger partial charge in [0.2, 0.25) is 0 Å². The van der Waals surface area contributed by atoms with Gasteiger partial charge >= 0.3 is 5.97 Å². The molecule has 3 aromatic carbocycles. The minimum Gasteiger partial charge on any atom is -0.456 e. The average molecular weight is 396 g/mol. The number of para-hydroxylation sites is 2. The summed E-state index contributed by atoms with van der Waals surface area (Å²) < 4.78 is 10.9. The Labute approximate surface area is 167 Å². The third kappa shape index (κ3) is 5.34. The molecule has 142 valence electrons. The van der Waals surface area contributed by atoms with Crippen LogP contribution in [0.15, 0.2) is 78.9 Å². The first-order valence-corrected chi connectivity index (χ1v) is 9.00. The maximum Gasteiger partial charge on any atom is 0.342 e. The van der Waals surface area contributed by atoms with Crippen molar-refractivity contribution in [3.8, 4) is 11.5 Å². The molecule has 3 aromatic rings. The van der Waals surface area contributed by atoms with Crippen molar-refractivity contribution in [2.75, 3.05) is 6.61 Å². The first-order valence-electron chi connectivity index (χ1n) is 8.62. The van der Waals surface area contributed by atoms with Gasteiger partial charge in [0.15, 0.2) is 6.61 Å². The van der Waals surface area contributed by atoms with E-state index < -0.39 is 18.5 Å². The molecule has 0 saturated carbocycles. The summed E-state index contributed by atoms with van der Waals surface area (Å²) in [5.41, 5.74) is 1.02. The van der Waals surface area contributed by atoms with Gasteiger partial charge in [-0.25, -0.2) is 4.79 Å². The fourth-order valence-corrected chi connectivity index (χ4v) is 2.64. The number of benzene rings is 3. The van der Waals surface area contributed by atoms with Gasteiger partial charge in [-0.3, -0.25) is 4.79 Å². The highest BCUT2D eigenvalue weighted by molar-refractivity contribution is 6.31. The van der Waals surface area contributed by atoms with Gasteiger partial charge in [0.25, 0.3) is 5.91 Å². The third-order valence-electron chi connectivity index (χ3n) is 3.85. The molecular formula is C22H18ClNO4. The number of amides is 1. The van der Waals surface area contributed by atoms with Crippen molar-refractivity contribution in [1.82, 2.24) is 5.32 Å². The molecule has 0 saturated heterocycles. The lowest BCUT2D eigenvalue weighted by Crippen LogP contribution is -2.28. The van der Waals surface area contributed by atoms with Crippen molar-refractivity contribution >= 4 is 23.5 Å². The number of hydrogen-bond donors (Lipinski definition) is 1. The highest BCUT2D eigenvalue weighted by atomic mass is 35.5. The van der Waals surface area contributed by atoms with Crippen molar-refractivity contribution in [1.29, 1.82) is 0 Å². The zero-order valence-corrected chi connectivity index (χ0v) is 15.7. The van der Waals surface area contributed by atoms with Gasteiger partial charge in [0.1, 0.15) is 17.1 Å². The van der Waals surface area contributed by atoms with Crippen LogP contribution in [0.3, 0.4) is 0 Å². The van der Waals surface area contributed by atoms with Gasteiger partial charge in [0, 0.05) is 11.6 Å². The van der Waals surface area contributed by atoms with Crippen LogP contribution in [0.1, 0.15) is 15.9 Å². The maximum absolute atomic E-state index is 12.4. The Hall–Kier alpha value is -3.31. The number of hydrogen-bond acceptors (Lipinski definition) is 4. The van der Waals surface area contributed by atoms with Crippen molar-refractivity contribution in [3.05, 3.63) is 95.0 Å². The fourth-order valence-electron chi connectivity index (χ4n) is 2.44. The second kappa shape index (κ2) is 9.58. The summed E-state index contributed by atoms with van der Waals surface area (Å²) in [6.07, 6.45) is 0. The van der Waals surface area contributed by atoms with Gasteiger partial charge in [0.05, 0.1) is 0 Å². The van der Waals surface area contributed by atoms with Crippen molar-refractivity contribution < 1.29 is 19.1 Å². The standard InChI is InChI=1S/C22H18ClNO4/c23-19-12-6-4-8-16(19)14-24-21(25)15-27-22(26)18-11-5-7-13-20(18)28-17-9-2-1-3-10-17/h1-13H,14-15H2,(H,24,25). The lowest BCUT2D eigenvalue weighted by Gasteiger charge is -2.11.